The van der Waals surface area contributed by atoms with E-state index >= 15 is 0 Å². The van der Waals surface area contributed by atoms with E-state index in [-0.39, 0.29) is 5.91 Å². The number of carbonyl (C=O) groups is 1. The zero-order valence-corrected chi connectivity index (χ0v) is 14.8. The smallest absolute Gasteiger partial charge is 0.253 e. The molecule has 0 spiro atoms. The Kier molecular flexibility index (Phi) is 3.79. The van der Waals surface area contributed by atoms with Crippen LogP contribution in [0.2, 0.25) is 0 Å². The van der Waals surface area contributed by atoms with Crippen LogP contribution in [0.3, 0.4) is 0 Å². The van der Waals surface area contributed by atoms with Gasteiger partial charge in [-0.05, 0) is 55.6 Å². The maximum Gasteiger partial charge on any atom is 0.253 e. The molecule has 3 aliphatic rings. The number of hydrogen-bond acceptors (Lipinski definition) is 2. The third-order valence-corrected chi connectivity index (χ3v) is 5.93. The number of hydrogen-bond donors (Lipinski definition) is 1. The van der Waals surface area contributed by atoms with E-state index in [4.69, 9.17) is 0 Å². The van der Waals surface area contributed by atoms with Crippen molar-refractivity contribution >= 4 is 11.4 Å². The number of amides is 1. The fourth-order valence-corrected chi connectivity index (χ4v) is 4.48. The highest BCUT2D eigenvalue weighted by atomic mass is 16.1. The lowest BCUT2D eigenvalue weighted by Gasteiger charge is -2.44. The zero-order chi connectivity index (χ0) is 17.5. The largest absolute Gasteiger partial charge is 0.348 e. The molecule has 4 nitrogen and oxygen atoms in total. The van der Waals surface area contributed by atoms with Gasteiger partial charge in [0.25, 0.3) is 5.91 Å². The number of nitrogens with one attached hydrogen (secondary N) is 1. The molecule has 2 aromatic heterocycles. The molecule has 3 fully saturated rings. The van der Waals surface area contributed by atoms with E-state index in [1.54, 1.807) is 0 Å². The van der Waals surface area contributed by atoms with Gasteiger partial charge < -0.3 is 14.6 Å². The highest BCUT2D eigenvalue weighted by molar-refractivity contribution is 5.96. The average Bonchev–Trinajstić information content (AvgIpc) is 3.14. The summed E-state index contributed by atoms with van der Waals surface area (Å²) in [5.74, 6) is 0.687. The van der Waals surface area contributed by atoms with Crippen molar-refractivity contribution in [1.29, 1.82) is 0 Å². The summed E-state index contributed by atoms with van der Waals surface area (Å²) in [7, 11) is 0. The predicted octanol–water partition coefficient (Wildman–Crippen LogP) is 3.43. The fourth-order valence-electron chi connectivity index (χ4n) is 4.48. The number of fused-ring (bicyclic) bond motifs is 4. The Morgan fingerprint density at radius 3 is 2.54 bits per heavy atom. The molecule has 3 saturated heterocycles. The molecule has 132 valence electrons. The Morgan fingerprint density at radius 2 is 1.81 bits per heavy atom. The summed E-state index contributed by atoms with van der Waals surface area (Å²) in [5.41, 5.74) is 4.04. The summed E-state index contributed by atoms with van der Waals surface area (Å²) in [6.07, 6.45) is 4.38. The fraction of sp³-hybridized carbons (Fsp3) is 0.318. The molecule has 1 amide bonds. The molecule has 4 heteroatoms. The Hall–Kier alpha value is -2.59. The summed E-state index contributed by atoms with van der Waals surface area (Å²) in [6, 6.07) is 18.8. The second kappa shape index (κ2) is 6.29. The van der Waals surface area contributed by atoms with Crippen LogP contribution in [-0.2, 0) is 0 Å². The van der Waals surface area contributed by atoms with Crippen LogP contribution >= 0.6 is 0 Å². The number of piperidine rings is 3. The first kappa shape index (κ1) is 15.6. The molecule has 3 aromatic rings. The van der Waals surface area contributed by atoms with Gasteiger partial charge in [0.05, 0.1) is 11.3 Å². The van der Waals surface area contributed by atoms with Gasteiger partial charge >= 0.3 is 0 Å². The topological polar surface area (TPSA) is 36.8 Å². The first-order chi connectivity index (χ1) is 12.8. The number of carbonyl (C=O) groups excluding carboxylic acids is 1. The minimum absolute atomic E-state index is 0.0476. The van der Waals surface area contributed by atoms with E-state index in [9.17, 15) is 4.79 Å². The van der Waals surface area contributed by atoms with Crippen LogP contribution in [0.25, 0.3) is 16.8 Å². The van der Waals surface area contributed by atoms with E-state index in [1.807, 2.05) is 36.5 Å². The third-order valence-electron chi connectivity index (χ3n) is 5.93. The molecule has 26 heavy (non-hydrogen) atoms. The Bertz CT molecular complexity index is 938. The zero-order valence-electron chi connectivity index (χ0n) is 14.8. The van der Waals surface area contributed by atoms with Crippen LogP contribution in [0.5, 0.6) is 0 Å². The summed E-state index contributed by atoms with van der Waals surface area (Å²) < 4.78 is 2.11. The standard InChI is InChI=1S/C22H23N3O/c26-22(23-20-15-24-11-9-16(20)10-12-24)18-13-19-7-4-8-21(25(19)14-18)17-5-2-1-3-6-17/h1-8,13-14,16,20H,9-12,15H2,(H,23,26). The van der Waals surface area contributed by atoms with Crippen LogP contribution in [0, 0.1) is 5.92 Å². The molecule has 1 unspecified atom stereocenters. The Labute approximate surface area is 153 Å². The molecular weight excluding hydrogens is 322 g/mol. The SMILES string of the molecule is O=C(NC1CN2CCC1CC2)c1cc2cccc(-c3ccccc3)n2c1. The second-order valence-electron chi connectivity index (χ2n) is 7.52. The lowest BCUT2D eigenvalue weighted by molar-refractivity contribution is 0.0620. The van der Waals surface area contributed by atoms with Crippen molar-refractivity contribution < 1.29 is 4.79 Å². The number of rotatable bonds is 3. The van der Waals surface area contributed by atoms with Gasteiger partial charge in [0.1, 0.15) is 0 Å². The number of nitrogens with zero attached hydrogens (tertiary/aromatic N) is 2. The van der Waals surface area contributed by atoms with Crippen LogP contribution in [0.4, 0.5) is 0 Å². The van der Waals surface area contributed by atoms with Crippen molar-refractivity contribution in [3.63, 3.8) is 0 Å². The Morgan fingerprint density at radius 1 is 1.00 bits per heavy atom. The van der Waals surface area contributed by atoms with E-state index in [2.05, 4.69) is 38.9 Å². The normalized spacial score (nSPS) is 24.7. The van der Waals surface area contributed by atoms with Crippen molar-refractivity contribution in [3.05, 3.63) is 66.4 Å². The monoisotopic (exact) mass is 345 g/mol. The molecule has 1 aromatic carbocycles. The van der Waals surface area contributed by atoms with Crippen molar-refractivity contribution in [2.24, 2.45) is 5.92 Å². The number of benzene rings is 1. The summed E-state index contributed by atoms with van der Waals surface area (Å²) in [4.78, 5) is 15.3. The van der Waals surface area contributed by atoms with Crippen molar-refractivity contribution in [2.45, 2.75) is 18.9 Å². The van der Waals surface area contributed by atoms with E-state index in [0.717, 1.165) is 28.9 Å². The van der Waals surface area contributed by atoms with Crippen LogP contribution in [-0.4, -0.2) is 40.9 Å². The molecule has 5 heterocycles. The van der Waals surface area contributed by atoms with E-state index in [1.165, 1.54) is 25.9 Å². The summed E-state index contributed by atoms with van der Waals surface area (Å²) in [6.45, 7) is 3.38. The van der Waals surface area contributed by atoms with Crippen LogP contribution in [0.15, 0.2) is 60.8 Å². The minimum Gasteiger partial charge on any atom is -0.348 e. The molecule has 0 aliphatic carbocycles. The molecule has 2 bridgehead atoms. The molecule has 1 atom stereocenters. The number of aromatic nitrogens is 1. The quantitative estimate of drug-likeness (QED) is 0.790. The third kappa shape index (κ3) is 2.71. The highest BCUT2D eigenvalue weighted by Gasteiger charge is 2.35. The van der Waals surface area contributed by atoms with Gasteiger partial charge in [-0.1, -0.05) is 36.4 Å². The van der Waals surface area contributed by atoms with Gasteiger partial charge in [-0.25, -0.2) is 0 Å². The van der Waals surface area contributed by atoms with E-state index in [0.29, 0.717) is 12.0 Å². The molecule has 0 radical (unpaired) electrons. The maximum absolute atomic E-state index is 12.9. The van der Waals surface area contributed by atoms with E-state index < -0.39 is 0 Å². The predicted molar refractivity (Wildman–Crippen MR) is 103 cm³/mol. The first-order valence-corrected chi connectivity index (χ1v) is 9.48. The molecule has 0 saturated carbocycles. The van der Waals surface area contributed by atoms with Gasteiger partial charge in [-0.3, -0.25) is 4.79 Å². The van der Waals surface area contributed by atoms with Gasteiger partial charge in [0.2, 0.25) is 0 Å². The molecule has 6 rings (SSSR count). The first-order valence-electron chi connectivity index (χ1n) is 9.48. The van der Waals surface area contributed by atoms with Crippen LogP contribution < -0.4 is 5.32 Å². The van der Waals surface area contributed by atoms with Gasteiger partial charge in [-0.15, -0.1) is 0 Å². The summed E-state index contributed by atoms with van der Waals surface area (Å²) >= 11 is 0. The van der Waals surface area contributed by atoms with Gasteiger partial charge in [0, 0.05) is 24.3 Å². The lowest BCUT2D eigenvalue weighted by Crippen LogP contribution is -2.57. The van der Waals surface area contributed by atoms with Crippen molar-refractivity contribution in [2.75, 3.05) is 19.6 Å². The van der Waals surface area contributed by atoms with Gasteiger partial charge in [0.15, 0.2) is 0 Å². The highest BCUT2D eigenvalue weighted by Crippen LogP contribution is 2.28. The van der Waals surface area contributed by atoms with Crippen LogP contribution in [0.1, 0.15) is 23.2 Å². The summed E-state index contributed by atoms with van der Waals surface area (Å²) in [5, 5.41) is 3.29. The molecular formula is C22H23N3O. The van der Waals surface area contributed by atoms with Crippen molar-refractivity contribution in [1.82, 2.24) is 14.6 Å². The minimum atomic E-state index is 0.0476. The second-order valence-corrected chi connectivity index (χ2v) is 7.52. The molecule has 3 aliphatic heterocycles. The van der Waals surface area contributed by atoms with Gasteiger partial charge in [-0.2, -0.15) is 0 Å². The maximum atomic E-state index is 12.9. The number of pyridine rings is 1. The Balaban J connectivity index is 1.44. The van der Waals surface area contributed by atoms with Crippen molar-refractivity contribution in [3.8, 4) is 11.3 Å². The molecule has 1 N–H and O–H groups in total. The lowest BCUT2D eigenvalue weighted by atomic mass is 9.84. The average molecular weight is 345 g/mol.